The van der Waals surface area contributed by atoms with E-state index in [-0.39, 0.29) is 10.6 Å². The topological polar surface area (TPSA) is 55.4 Å². The van der Waals surface area contributed by atoms with E-state index in [0.717, 1.165) is 30.5 Å². The third kappa shape index (κ3) is 4.44. The van der Waals surface area contributed by atoms with Gasteiger partial charge in [-0.2, -0.15) is 0 Å². The number of nitrogens with one attached hydrogen (secondary N) is 1. The fourth-order valence-corrected chi connectivity index (χ4v) is 3.05. The summed E-state index contributed by atoms with van der Waals surface area (Å²) in [5.41, 5.74) is 0.151. The van der Waals surface area contributed by atoms with Crippen LogP contribution in [0.2, 0.25) is 0 Å². The van der Waals surface area contributed by atoms with Crippen molar-refractivity contribution >= 4 is 15.7 Å². The summed E-state index contributed by atoms with van der Waals surface area (Å²) in [4.78, 5) is -0.0739. The van der Waals surface area contributed by atoms with Crippen LogP contribution in [0.15, 0.2) is 41.3 Å². The Morgan fingerprint density at radius 3 is 2.21 bits per heavy atom. The van der Waals surface area contributed by atoms with Crippen molar-refractivity contribution in [3.63, 3.8) is 0 Å². The fourth-order valence-electron chi connectivity index (χ4n) is 1.98. The first-order valence-electron chi connectivity index (χ1n) is 7.55. The smallest absolute Gasteiger partial charge is 0.262 e. The summed E-state index contributed by atoms with van der Waals surface area (Å²) in [5.74, 6) is -2.04. The molecule has 1 N–H and O–H groups in total. The van der Waals surface area contributed by atoms with Crippen molar-refractivity contribution in [1.29, 1.82) is 0 Å². The number of ether oxygens (including phenoxy) is 1. The fraction of sp³-hybridized carbons (Fsp3) is 0.294. The molecule has 0 saturated carbocycles. The minimum absolute atomic E-state index is 0.0248. The van der Waals surface area contributed by atoms with Crippen LogP contribution in [0.4, 0.5) is 14.5 Å². The predicted octanol–water partition coefficient (Wildman–Crippen LogP) is 4.25. The molecule has 24 heavy (non-hydrogen) atoms. The summed E-state index contributed by atoms with van der Waals surface area (Å²) in [6, 6.07) is 7.88. The van der Waals surface area contributed by atoms with E-state index in [1.54, 1.807) is 19.1 Å². The van der Waals surface area contributed by atoms with Gasteiger partial charge in [-0.3, -0.25) is 4.72 Å². The quantitative estimate of drug-likeness (QED) is 0.755. The lowest BCUT2D eigenvalue weighted by Crippen LogP contribution is -2.15. The zero-order chi connectivity index (χ0) is 17.7. The maximum atomic E-state index is 14.1. The van der Waals surface area contributed by atoms with Gasteiger partial charge in [0.15, 0.2) is 11.6 Å². The molecule has 130 valence electrons. The predicted molar refractivity (Wildman–Crippen MR) is 88.7 cm³/mol. The molecule has 0 fully saturated rings. The molecule has 0 aliphatic rings. The first-order chi connectivity index (χ1) is 11.3. The highest BCUT2D eigenvalue weighted by atomic mass is 32.2. The molecule has 0 unspecified atom stereocenters. The zero-order valence-corrected chi connectivity index (χ0v) is 14.3. The number of hydrogen-bond donors (Lipinski definition) is 1. The van der Waals surface area contributed by atoms with Crippen LogP contribution in [0.1, 0.15) is 25.3 Å². The number of hydrogen-bond acceptors (Lipinski definition) is 3. The van der Waals surface area contributed by atoms with Gasteiger partial charge in [-0.15, -0.1) is 0 Å². The van der Waals surface area contributed by atoms with Crippen LogP contribution in [0, 0.1) is 18.6 Å². The van der Waals surface area contributed by atoms with Crippen LogP contribution in [0.3, 0.4) is 0 Å². The van der Waals surface area contributed by atoms with Gasteiger partial charge in [0.2, 0.25) is 0 Å². The van der Waals surface area contributed by atoms with Crippen molar-refractivity contribution in [3.05, 3.63) is 53.6 Å². The zero-order valence-electron chi connectivity index (χ0n) is 13.5. The molecule has 0 amide bonds. The van der Waals surface area contributed by atoms with Crippen molar-refractivity contribution in [3.8, 4) is 5.75 Å². The molecular weight excluding hydrogens is 336 g/mol. The Balaban J connectivity index is 2.24. The van der Waals surface area contributed by atoms with Gasteiger partial charge in [0, 0.05) is 12.1 Å². The van der Waals surface area contributed by atoms with E-state index in [1.807, 2.05) is 11.6 Å². The van der Waals surface area contributed by atoms with Crippen LogP contribution in [-0.2, 0) is 10.0 Å². The molecular formula is C17H19F2NO3S. The average Bonchev–Trinajstić information content (AvgIpc) is 2.52. The minimum Gasteiger partial charge on any atom is -0.493 e. The summed E-state index contributed by atoms with van der Waals surface area (Å²) in [7, 11) is -4.08. The highest BCUT2D eigenvalue weighted by Gasteiger charge is 2.20. The number of halogens is 2. The molecule has 0 heterocycles. The molecule has 0 atom stereocenters. The van der Waals surface area contributed by atoms with Crippen LogP contribution in [0.25, 0.3) is 0 Å². The maximum Gasteiger partial charge on any atom is 0.262 e. The van der Waals surface area contributed by atoms with Gasteiger partial charge < -0.3 is 4.74 Å². The molecule has 4 nitrogen and oxygen atoms in total. The molecule has 2 aromatic rings. The molecule has 2 aromatic carbocycles. The van der Waals surface area contributed by atoms with Gasteiger partial charge in [-0.1, -0.05) is 31.0 Å². The molecule has 0 saturated heterocycles. The van der Waals surface area contributed by atoms with Gasteiger partial charge >= 0.3 is 0 Å². The lowest BCUT2D eigenvalue weighted by molar-refractivity contribution is 0.306. The first kappa shape index (κ1) is 18.2. The summed E-state index contributed by atoms with van der Waals surface area (Å²) in [6.07, 6.45) is 1.64. The number of benzene rings is 2. The maximum absolute atomic E-state index is 14.1. The third-order valence-corrected chi connectivity index (χ3v) is 4.72. The van der Waals surface area contributed by atoms with Crippen LogP contribution in [0.5, 0.6) is 5.75 Å². The number of aryl methyl sites for hydroxylation is 1. The summed E-state index contributed by atoms with van der Waals surface area (Å²) < 4.78 is 59.8. The minimum atomic E-state index is -4.08. The number of anilines is 1. The lowest BCUT2D eigenvalue weighted by Gasteiger charge is -2.12. The van der Waals surface area contributed by atoms with E-state index in [0.29, 0.717) is 6.61 Å². The number of sulfonamides is 1. The van der Waals surface area contributed by atoms with Gasteiger partial charge in [0.05, 0.1) is 11.5 Å². The van der Waals surface area contributed by atoms with Crippen LogP contribution in [-0.4, -0.2) is 15.0 Å². The summed E-state index contributed by atoms with van der Waals surface area (Å²) in [6.45, 7) is 4.11. The molecule has 0 spiro atoms. The van der Waals surface area contributed by atoms with Gasteiger partial charge in [0.1, 0.15) is 11.4 Å². The average molecular weight is 355 g/mol. The van der Waals surface area contributed by atoms with E-state index in [4.69, 9.17) is 4.74 Å². The number of rotatable bonds is 7. The van der Waals surface area contributed by atoms with Crippen molar-refractivity contribution in [2.75, 3.05) is 11.3 Å². The van der Waals surface area contributed by atoms with Crippen molar-refractivity contribution in [2.45, 2.75) is 31.6 Å². The van der Waals surface area contributed by atoms with E-state index in [1.165, 1.54) is 12.1 Å². The van der Waals surface area contributed by atoms with E-state index in [2.05, 4.69) is 0 Å². The second-order valence-corrected chi connectivity index (χ2v) is 7.06. The highest BCUT2D eigenvalue weighted by Crippen LogP contribution is 2.27. The Kier molecular flexibility index (Phi) is 5.77. The van der Waals surface area contributed by atoms with Gasteiger partial charge in [-0.05, 0) is 25.5 Å². The molecule has 0 radical (unpaired) electrons. The Labute approximate surface area is 140 Å². The van der Waals surface area contributed by atoms with Crippen LogP contribution >= 0.6 is 0 Å². The largest absolute Gasteiger partial charge is 0.493 e. The summed E-state index contributed by atoms with van der Waals surface area (Å²) >= 11 is 0. The Hall–Kier alpha value is -2.15. The molecule has 0 bridgehead atoms. The normalized spacial score (nSPS) is 11.3. The van der Waals surface area contributed by atoms with Crippen molar-refractivity contribution in [2.24, 2.45) is 0 Å². The lowest BCUT2D eigenvalue weighted by atomic mass is 10.2. The highest BCUT2D eigenvalue weighted by molar-refractivity contribution is 7.92. The van der Waals surface area contributed by atoms with Gasteiger partial charge in [-0.25, -0.2) is 17.2 Å². The van der Waals surface area contributed by atoms with E-state index < -0.39 is 27.3 Å². The Morgan fingerprint density at radius 2 is 1.67 bits per heavy atom. The Morgan fingerprint density at radius 1 is 1.08 bits per heavy atom. The monoisotopic (exact) mass is 355 g/mol. The van der Waals surface area contributed by atoms with E-state index in [9.17, 15) is 17.2 Å². The second kappa shape index (κ2) is 7.61. The summed E-state index contributed by atoms with van der Waals surface area (Å²) in [5, 5.41) is 0. The first-order valence-corrected chi connectivity index (χ1v) is 9.03. The standard InChI is InChI=1S/C17H19F2NO3S/c1-3-4-9-23-13-10-15(18)17(16(19)11-13)20-24(21,22)14-7-5-12(2)6-8-14/h5-8,10-11,20H,3-4,9H2,1-2H3. The second-order valence-electron chi connectivity index (χ2n) is 5.38. The van der Waals surface area contributed by atoms with Crippen LogP contribution < -0.4 is 9.46 Å². The van der Waals surface area contributed by atoms with E-state index >= 15 is 0 Å². The molecule has 0 aromatic heterocycles. The SMILES string of the molecule is CCCCOc1cc(F)c(NS(=O)(=O)c2ccc(C)cc2)c(F)c1. The Bertz CT molecular complexity index is 782. The number of unbranched alkanes of at least 4 members (excludes halogenated alkanes) is 1. The molecule has 7 heteroatoms. The van der Waals surface area contributed by atoms with Gasteiger partial charge in [0.25, 0.3) is 10.0 Å². The molecule has 0 aliphatic carbocycles. The van der Waals surface area contributed by atoms with Crippen molar-refractivity contribution < 1.29 is 21.9 Å². The third-order valence-electron chi connectivity index (χ3n) is 3.35. The molecule has 0 aliphatic heterocycles. The molecule has 2 rings (SSSR count). The van der Waals surface area contributed by atoms with Crippen molar-refractivity contribution in [1.82, 2.24) is 0 Å².